The third-order valence-electron chi connectivity index (χ3n) is 4.18. The van der Waals surface area contributed by atoms with Gasteiger partial charge >= 0.3 is 0 Å². The van der Waals surface area contributed by atoms with Gasteiger partial charge in [-0.05, 0) is 49.7 Å². The van der Waals surface area contributed by atoms with Crippen LogP contribution in [-0.2, 0) is 0 Å². The highest BCUT2D eigenvalue weighted by atomic mass is 16.1. The van der Waals surface area contributed by atoms with Crippen LogP contribution in [0.15, 0.2) is 30.5 Å². The number of aromatic amines is 1. The van der Waals surface area contributed by atoms with Crippen LogP contribution in [0.1, 0.15) is 23.7 Å². The second kappa shape index (κ2) is 5.67. The molecule has 1 unspecified atom stereocenters. The Bertz CT molecular complexity index is 605. The Morgan fingerprint density at radius 1 is 1.45 bits per heavy atom. The highest BCUT2D eigenvalue weighted by Crippen LogP contribution is 2.16. The summed E-state index contributed by atoms with van der Waals surface area (Å²) in [6, 6.07) is 7.76. The first-order valence-corrected chi connectivity index (χ1v) is 7.34. The van der Waals surface area contributed by atoms with Gasteiger partial charge in [0.05, 0.1) is 0 Å². The van der Waals surface area contributed by atoms with Gasteiger partial charge in [0.15, 0.2) is 0 Å². The van der Waals surface area contributed by atoms with Crippen molar-refractivity contribution in [2.75, 3.05) is 26.2 Å². The Morgan fingerprint density at radius 2 is 2.35 bits per heavy atom. The summed E-state index contributed by atoms with van der Waals surface area (Å²) in [5.41, 5.74) is 1.80. The Morgan fingerprint density at radius 3 is 3.15 bits per heavy atom. The molecule has 0 radical (unpaired) electrons. The van der Waals surface area contributed by atoms with Crippen molar-refractivity contribution < 1.29 is 4.79 Å². The number of nitrogens with one attached hydrogen (secondary N) is 2. The molecule has 4 heteroatoms. The number of nitrogens with zero attached hydrogens (tertiary/aromatic N) is 1. The minimum atomic E-state index is 0.0306. The van der Waals surface area contributed by atoms with Crippen molar-refractivity contribution in [2.24, 2.45) is 5.92 Å². The number of amides is 1. The van der Waals surface area contributed by atoms with E-state index in [-0.39, 0.29) is 5.91 Å². The summed E-state index contributed by atoms with van der Waals surface area (Å²) in [4.78, 5) is 17.8. The average molecular weight is 271 g/mol. The third kappa shape index (κ3) is 2.70. The fraction of sp³-hybridized carbons (Fsp3) is 0.438. The molecule has 1 atom stereocenters. The zero-order valence-corrected chi connectivity index (χ0v) is 11.9. The van der Waals surface area contributed by atoms with Crippen LogP contribution in [0.2, 0.25) is 0 Å². The highest BCUT2D eigenvalue weighted by Gasteiger charge is 2.21. The van der Waals surface area contributed by atoms with Crippen molar-refractivity contribution in [3.05, 3.63) is 36.0 Å². The van der Waals surface area contributed by atoms with E-state index in [1.165, 1.54) is 6.42 Å². The first kappa shape index (κ1) is 13.2. The van der Waals surface area contributed by atoms with Crippen molar-refractivity contribution in [1.82, 2.24) is 15.2 Å². The van der Waals surface area contributed by atoms with E-state index in [9.17, 15) is 4.79 Å². The molecule has 1 saturated heterocycles. The van der Waals surface area contributed by atoms with E-state index >= 15 is 0 Å². The summed E-state index contributed by atoms with van der Waals surface area (Å²) in [6.07, 6.45) is 3.08. The molecule has 2 heterocycles. The maximum atomic E-state index is 12.2. The SMILES string of the molecule is CCN1CCC(CNC(=O)c2ccc3[nH]ccc3c2)C1. The number of benzene rings is 1. The molecule has 1 fully saturated rings. The lowest BCUT2D eigenvalue weighted by Crippen LogP contribution is -2.30. The van der Waals surface area contributed by atoms with Crippen LogP contribution >= 0.6 is 0 Å². The lowest BCUT2D eigenvalue weighted by Gasteiger charge is -2.13. The maximum Gasteiger partial charge on any atom is 0.251 e. The van der Waals surface area contributed by atoms with Gasteiger partial charge in [0.2, 0.25) is 0 Å². The quantitative estimate of drug-likeness (QED) is 0.896. The van der Waals surface area contributed by atoms with E-state index in [2.05, 4.69) is 22.1 Å². The highest BCUT2D eigenvalue weighted by molar-refractivity contribution is 5.98. The van der Waals surface area contributed by atoms with Crippen LogP contribution in [0.25, 0.3) is 10.9 Å². The summed E-state index contributed by atoms with van der Waals surface area (Å²) in [6.45, 7) is 6.34. The van der Waals surface area contributed by atoms with Crippen molar-refractivity contribution in [1.29, 1.82) is 0 Å². The van der Waals surface area contributed by atoms with E-state index < -0.39 is 0 Å². The van der Waals surface area contributed by atoms with Gasteiger partial charge in [-0.1, -0.05) is 6.92 Å². The summed E-state index contributed by atoms with van der Waals surface area (Å²) in [5, 5.41) is 4.15. The number of hydrogen-bond donors (Lipinski definition) is 2. The molecule has 1 aromatic carbocycles. The second-order valence-electron chi connectivity index (χ2n) is 5.54. The van der Waals surface area contributed by atoms with Crippen molar-refractivity contribution in [3.63, 3.8) is 0 Å². The monoisotopic (exact) mass is 271 g/mol. The number of likely N-dealkylation sites (tertiary alicyclic amines) is 1. The van der Waals surface area contributed by atoms with E-state index in [1.807, 2.05) is 30.5 Å². The predicted molar refractivity (Wildman–Crippen MR) is 80.9 cm³/mol. The molecule has 20 heavy (non-hydrogen) atoms. The van der Waals surface area contributed by atoms with Crippen LogP contribution < -0.4 is 5.32 Å². The maximum absolute atomic E-state index is 12.2. The van der Waals surface area contributed by atoms with Gasteiger partial charge in [-0.3, -0.25) is 4.79 Å². The topological polar surface area (TPSA) is 48.1 Å². The molecule has 2 aromatic rings. The lowest BCUT2D eigenvalue weighted by atomic mass is 10.1. The average Bonchev–Trinajstić information content (AvgIpc) is 3.12. The van der Waals surface area contributed by atoms with Crippen molar-refractivity contribution in [2.45, 2.75) is 13.3 Å². The van der Waals surface area contributed by atoms with E-state index in [0.29, 0.717) is 5.92 Å². The van der Waals surface area contributed by atoms with E-state index in [1.54, 1.807) is 0 Å². The zero-order chi connectivity index (χ0) is 13.9. The molecule has 1 amide bonds. The Hall–Kier alpha value is -1.81. The molecule has 4 nitrogen and oxygen atoms in total. The second-order valence-corrected chi connectivity index (χ2v) is 5.54. The molecule has 0 spiro atoms. The van der Waals surface area contributed by atoms with Gasteiger partial charge in [-0.2, -0.15) is 0 Å². The van der Waals surface area contributed by atoms with E-state index in [0.717, 1.165) is 42.6 Å². The molecule has 3 rings (SSSR count). The summed E-state index contributed by atoms with van der Waals surface area (Å²) >= 11 is 0. The van der Waals surface area contributed by atoms with Gasteiger partial charge in [0, 0.05) is 35.8 Å². The number of aromatic nitrogens is 1. The minimum absolute atomic E-state index is 0.0306. The molecule has 1 aromatic heterocycles. The number of carbonyl (C=O) groups is 1. The van der Waals surface area contributed by atoms with Crippen LogP contribution in [0.4, 0.5) is 0 Å². The van der Waals surface area contributed by atoms with Crippen molar-refractivity contribution in [3.8, 4) is 0 Å². The molecular weight excluding hydrogens is 250 g/mol. The first-order chi connectivity index (χ1) is 9.76. The Balaban J connectivity index is 1.59. The predicted octanol–water partition coefficient (Wildman–Crippen LogP) is 2.24. The van der Waals surface area contributed by atoms with Crippen LogP contribution in [0.3, 0.4) is 0 Å². The van der Waals surface area contributed by atoms with Crippen LogP contribution in [0.5, 0.6) is 0 Å². The minimum Gasteiger partial charge on any atom is -0.361 e. The standard InChI is InChI=1S/C16H21N3O/c1-2-19-8-6-12(11-19)10-18-16(20)14-3-4-15-13(9-14)5-7-17-15/h3-5,7,9,12,17H,2,6,8,10-11H2,1H3,(H,18,20). The van der Waals surface area contributed by atoms with Crippen LogP contribution in [-0.4, -0.2) is 42.0 Å². The Kier molecular flexibility index (Phi) is 3.74. The normalized spacial score (nSPS) is 19.6. The van der Waals surface area contributed by atoms with Crippen molar-refractivity contribution >= 4 is 16.8 Å². The van der Waals surface area contributed by atoms with Gasteiger partial charge < -0.3 is 15.2 Å². The molecule has 0 aliphatic carbocycles. The summed E-state index contributed by atoms with van der Waals surface area (Å²) in [5.74, 6) is 0.623. The largest absolute Gasteiger partial charge is 0.361 e. The number of carbonyl (C=O) groups excluding carboxylic acids is 1. The smallest absolute Gasteiger partial charge is 0.251 e. The Labute approximate surface area is 119 Å². The molecule has 0 saturated carbocycles. The molecule has 0 bridgehead atoms. The number of rotatable bonds is 4. The lowest BCUT2D eigenvalue weighted by molar-refractivity contribution is 0.0947. The number of fused-ring (bicyclic) bond motifs is 1. The van der Waals surface area contributed by atoms with E-state index in [4.69, 9.17) is 0 Å². The number of H-pyrrole nitrogens is 1. The van der Waals surface area contributed by atoms with Gasteiger partial charge in [0.25, 0.3) is 5.91 Å². The fourth-order valence-electron chi connectivity index (χ4n) is 2.90. The van der Waals surface area contributed by atoms with Crippen LogP contribution in [0, 0.1) is 5.92 Å². The number of hydrogen-bond acceptors (Lipinski definition) is 2. The molecule has 2 N–H and O–H groups in total. The summed E-state index contributed by atoms with van der Waals surface area (Å²) < 4.78 is 0. The van der Waals surface area contributed by atoms with Gasteiger partial charge in [-0.25, -0.2) is 0 Å². The first-order valence-electron chi connectivity index (χ1n) is 7.34. The summed E-state index contributed by atoms with van der Waals surface area (Å²) in [7, 11) is 0. The molecule has 1 aliphatic heterocycles. The molecule has 1 aliphatic rings. The molecular formula is C16H21N3O. The third-order valence-corrected chi connectivity index (χ3v) is 4.18. The van der Waals surface area contributed by atoms with Gasteiger partial charge in [-0.15, -0.1) is 0 Å². The zero-order valence-electron chi connectivity index (χ0n) is 11.9. The molecule has 106 valence electrons. The fourth-order valence-corrected chi connectivity index (χ4v) is 2.90. The van der Waals surface area contributed by atoms with Gasteiger partial charge in [0.1, 0.15) is 0 Å².